The van der Waals surface area contributed by atoms with Gasteiger partial charge in [0, 0.05) is 6.92 Å². The van der Waals surface area contributed by atoms with E-state index in [2.05, 4.69) is 6.58 Å². The van der Waals surface area contributed by atoms with Gasteiger partial charge in [0.05, 0.1) is 0 Å². The highest BCUT2D eigenvalue weighted by molar-refractivity contribution is 5.66. The molecule has 3 atom stereocenters. The smallest absolute Gasteiger partial charge is 0.303 e. The Kier molecular flexibility index (Phi) is 3.83. The van der Waals surface area contributed by atoms with Crippen LogP contribution in [0.4, 0.5) is 0 Å². The summed E-state index contributed by atoms with van der Waals surface area (Å²) < 4.78 is 15.8. The topological polar surface area (TPSA) is 61.8 Å². The molecule has 5 nitrogen and oxygen atoms in total. The van der Waals surface area contributed by atoms with E-state index in [0.717, 1.165) is 0 Å². The third kappa shape index (κ3) is 2.90. The molecule has 1 aliphatic heterocycles. The van der Waals surface area contributed by atoms with Crippen LogP contribution in [0.5, 0.6) is 0 Å². The second-order valence-corrected chi connectivity index (χ2v) is 4.01. The molecule has 16 heavy (non-hydrogen) atoms. The van der Waals surface area contributed by atoms with Crippen LogP contribution in [0.25, 0.3) is 0 Å². The number of carbonyl (C=O) groups is 2. The van der Waals surface area contributed by atoms with Crippen molar-refractivity contribution in [3.8, 4) is 0 Å². The summed E-state index contributed by atoms with van der Waals surface area (Å²) in [5, 5.41) is 0. The fourth-order valence-corrected chi connectivity index (χ4v) is 1.62. The lowest BCUT2D eigenvalue weighted by Gasteiger charge is -2.21. The summed E-state index contributed by atoms with van der Waals surface area (Å²) in [5.41, 5.74) is 0. The molecule has 0 aromatic rings. The zero-order valence-corrected chi connectivity index (χ0v) is 9.64. The summed E-state index contributed by atoms with van der Waals surface area (Å²) in [4.78, 5) is 21.7. The van der Waals surface area contributed by atoms with Crippen molar-refractivity contribution < 1.29 is 23.8 Å². The van der Waals surface area contributed by atoms with Gasteiger partial charge >= 0.3 is 5.97 Å². The van der Waals surface area contributed by atoms with Crippen LogP contribution < -0.4 is 0 Å². The van der Waals surface area contributed by atoms with E-state index in [9.17, 15) is 9.59 Å². The van der Waals surface area contributed by atoms with E-state index in [1.54, 1.807) is 13.8 Å². The Morgan fingerprint density at radius 3 is 2.56 bits per heavy atom. The molecule has 0 N–H and O–H groups in total. The number of carbonyl (C=O) groups excluding carboxylic acids is 2. The standard InChI is InChI=1S/C11H16O5/c1-5-8(14-7(2)13)10-9(6-12)15-11(3,4)16-10/h5-6,8-10H,1H2,2-4H3/t8-,9-,10+/m1/s1. The van der Waals surface area contributed by atoms with Crippen LogP contribution in [0.1, 0.15) is 20.8 Å². The fraction of sp³-hybridized carbons (Fsp3) is 0.636. The molecule has 0 aliphatic carbocycles. The van der Waals surface area contributed by atoms with Gasteiger partial charge < -0.3 is 19.0 Å². The Balaban J connectivity index is 2.79. The van der Waals surface area contributed by atoms with Gasteiger partial charge in [0.2, 0.25) is 0 Å². The van der Waals surface area contributed by atoms with E-state index >= 15 is 0 Å². The third-order valence-corrected chi connectivity index (χ3v) is 2.16. The van der Waals surface area contributed by atoms with E-state index in [0.29, 0.717) is 6.29 Å². The molecule has 1 heterocycles. The summed E-state index contributed by atoms with van der Waals surface area (Å²) in [7, 11) is 0. The van der Waals surface area contributed by atoms with Crippen molar-refractivity contribution in [3.05, 3.63) is 12.7 Å². The van der Waals surface area contributed by atoms with Crippen LogP contribution in [0, 0.1) is 0 Å². The van der Waals surface area contributed by atoms with Crippen LogP contribution in [0.3, 0.4) is 0 Å². The van der Waals surface area contributed by atoms with Crippen molar-refractivity contribution in [2.24, 2.45) is 0 Å². The van der Waals surface area contributed by atoms with Crippen molar-refractivity contribution in [2.75, 3.05) is 0 Å². The second kappa shape index (κ2) is 4.76. The first-order valence-electron chi connectivity index (χ1n) is 5.00. The maximum atomic E-state index is 10.9. The molecule has 1 rings (SSSR count). The molecule has 5 heteroatoms. The molecule has 0 aromatic carbocycles. The summed E-state index contributed by atoms with van der Waals surface area (Å²) in [6, 6.07) is 0. The van der Waals surface area contributed by atoms with E-state index < -0.39 is 30.1 Å². The first-order chi connectivity index (χ1) is 7.39. The van der Waals surface area contributed by atoms with Gasteiger partial charge in [-0.2, -0.15) is 0 Å². The van der Waals surface area contributed by atoms with Gasteiger partial charge in [-0.1, -0.05) is 6.58 Å². The molecular weight excluding hydrogens is 212 g/mol. The predicted octanol–water partition coefficient (Wildman–Crippen LogP) is 0.823. The van der Waals surface area contributed by atoms with Crippen LogP contribution in [0.15, 0.2) is 12.7 Å². The zero-order chi connectivity index (χ0) is 12.3. The number of rotatable bonds is 4. The first kappa shape index (κ1) is 12.9. The summed E-state index contributed by atoms with van der Waals surface area (Å²) in [6.07, 6.45) is -0.0204. The Morgan fingerprint density at radius 1 is 1.50 bits per heavy atom. The largest absolute Gasteiger partial charge is 0.455 e. The summed E-state index contributed by atoms with van der Waals surface area (Å²) >= 11 is 0. The molecule has 90 valence electrons. The number of esters is 1. The minimum Gasteiger partial charge on any atom is -0.455 e. The normalized spacial score (nSPS) is 29.4. The number of hydrogen-bond donors (Lipinski definition) is 0. The zero-order valence-electron chi connectivity index (χ0n) is 9.64. The lowest BCUT2D eigenvalue weighted by Crippen LogP contribution is -2.37. The van der Waals surface area contributed by atoms with Gasteiger partial charge in [-0.05, 0) is 19.9 Å². The number of aldehydes is 1. The highest BCUT2D eigenvalue weighted by Crippen LogP contribution is 2.30. The van der Waals surface area contributed by atoms with E-state index in [-0.39, 0.29) is 0 Å². The number of hydrogen-bond acceptors (Lipinski definition) is 5. The second-order valence-electron chi connectivity index (χ2n) is 4.01. The summed E-state index contributed by atoms with van der Waals surface area (Å²) in [5.74, 6) is -1.32. The van der Waals surface area contributed by atoms with Crippen molar-refractivity contribution in [1.29, 1.82) is 0 Å². The SMILES string of the molecule is C=C[C@@H](OC(C)=O)[C@@H]1OC(C)(C)O[C@@H]1C=O. The van der Waals surface area contributed by atoms with Crippen molar-refractivity contribution >= 4 is 12.3 Å². The Labute approximate surface area is 94.4 Å². The lowest BCUT2D eigenvalue weighted by atomic mass is 10.1. The Bertz CT molecular complexity index is 297. The van der Waals surface area contributed by atoms with Crippen molar-refractivity contribution in [3.63, 3.8) is 0 Å². The monoisotopic (exact) mass is 228 g/mol. The maximum absolute atomic E-state index is 10.9. The molecular formula is C11H16O5. The van der Waals surface area contributed by atoms with Crippen LogP contribution in [-0.2, 0) is 23.8 Å². The molecule has 0 unspecified atom stereocenters. The number of ether oxygens (including phenoxy) is 3. The molecule has 0 spiro atoms. The van der Waals surface area contributed by atoms with E-state index in [4.69, 9.17) is 14.2 Å². The average Bonchev–Trinajstić information content (AvgIpc) is 2.49. The molecule has 1 saturated heterocycles. The molecule has 0 radical (unpaired) electrons. The van der Waals surface area contributed by atoms with Crippen LogP contribution in [0.2, 0.25) is 0 Å². The van der Waals surface area contributed by atoms with Gasteiger partial charge in [-0.25, -0.2) is 0 Å². The molecule has 0 aromatic heterocycles. The minimum atomic E-state index is -0.863. The van der Waals surface area contributed by atoms with E-state index in [1.165, 1.54) is 13.0 Å². The predicted molar refractivity (Wildman–Crippen MR) is 55.6 cm³/mol. The fourth-order valence-electron chi connectivity index (χ4n) is 1.62. The molecule has 1 aliphatic rings. The molecule has 0 saturated carbocycles. The van der Waals surface area contributed by atoms with Gasteiger partial charge in [0.15, 0.2) is 12.1 Å². The quantitative estimate of drug-likeness (QED) is 0.405. The average molecular weight is 228 g/mol. The van der Waals surface area contributed by atoms with Gasteiger partial charge in [-0.3, -0.25) is 4.79 Å². The van der Waals surface area contributed by atoms with Gasteiger partial charge in [0.25, 0.3) is 0 Å². The van der Waals surface area contributed by atoms with Crippen molar-refractivity contribution in [2.45, 2.75) is 44.9 Å². The van der Waals surface area contributed by atoms with Gasteiger partial charge in [0.1, 0.15) is 18.3 Å². The highest BCUT2D eigenvalue weighted by atomic mass is 16.8. The Morgan fingerprint density at radius 2 is 2.12 bits per heavy atom. The molecule has 0 bridgehead atoms. The van der Waals surface area contributed by atoms with Crippen LogP contribution >= 0.6 is 0 Å². The van der Waals surface area contributed by atoms with Crippen LogP contribution in [-0.4, -0.2) is 36.4 Å². The molecule has 1 fully saturated rings. The Hall–Kier alpha value is -1.20. The van der Waals surface area contributed by atoms with Gasteiger partial charge in [-0.15, -0.1) is 0 Å². The minimum absolute atomic E-state index is 0.456. The maximum Gasteiger partial charge on any atom is 0.303 e. The van der Waals surface area contributed by atoms with E-state index in [1.807, 2.05) is 0 Å². The third-order valence-electron chi connectivity index (χ3n) is 2.16. The molecule has 0 amide bonds. The van der Waals surface area contributed by atoms with Crippen molar-refractivity contribution in [1.82, 2.24) is 0 Å². The summed E-state index contributed by atoms with van der Waals surface area (Å²) in [6.45, 7) is 8.22. The first-order valence-corrected chi connectivity index (χ1v) is 5.00. The highest BCUT2D eigenvalue weighted by Gasteiger charge is 2.45. The lowest BCUT2D eigenvalue weighted by molar-refractivity contribution is -0.165.